The molecule has 96 valence electrons. The zero-order valence-corrected chi connectivity index (χ0v) is 10.5. The lowest BCUT2D eigenvalue weighted by Gasteiger charge is -2.04. The van der Waals surface area contributed by atoms with Crippen molar-refractivity contribution < 1.29 is 13.7 Å². The summed E-state index contributed by atoms with van der Waals surface area (Å²) in [5.41, 5.74) is 0.269. The molecule has 2 rings (SSSR count). The molecular formula is C13H16N2O3. The predicted molar refractivity (Wildman–Crippen MR) is 66.0 cm³/mol. The van der Waals surface area contributed by atoms with Crippen LogP contribution in [-0.2, 0) is 0 Å². The largest absolute Gasteiger partial charge is 0.461 e. The van der Waals surface area contributed by atoms with Gasteiger partial charge in [0.25, 0.3) is 5.91 Å². The third kappa shape index (κ3) is 3.00. The lowest BCUT2D eigenvalue weighted by molar-refractivity contribution is 0.0943. The monoisotopic (exact) mass is 248 g/mol. The van der Waals surface area contributed by atoms with Crippen LogP contribution in [-0.4, -0.2) is 17.6 Å². The molecule has 0 aliphatic heterocycles. The molecule has 0 radical (unpaired) electrons. The molecule has 0 saturated carbocycles. The van der Waals surface area contributed by atoms with Crippen LogP contribution in [0.5, 0.6) is 0 Å². The van der Waals surface area contributed by atoms with E-state index in [-0.39, 0.29) is 11.6 Å². The van der Waals surface area contributed by atoms with Crippen molar-refractivity contribution in [1.82, 2.24) is 10.5 Å². The molecule has 0 aliphatic rings. The molecule has 0 aliphatic carbocycles. The van der Waals surface area contributed by atoms with E-state index >= 15 is 0 Å². The molecule has 0 aromatic carbocycles. The second kappa shape index (κ2) is 5.53. The van der Waals surface area contributed by atoms with E-state index in [2.05, 4.69) is 24.3 Å². The van der Waals surface area contributed by atoms with Crippen LogP contribution < -0.4 is 5.32 Å². The van der Waals surface area contributed by atoms with Crippen LogP contribution in [0.1, 0.15) is 30.8 Å². The van der Waals surface area contributed by atoms with Crippen molar-refractivity contribution in [3.63, 3.8) is 0 Å². The first kappa shape index (κ1) is 12.4. The molecule has 5 heteroatoms. The van der Waals surface area contributed by atoms with E-state index in [0.29, 0.717) is 24.0 Å². The minimum atomic E-state index is -0.225. The Kier molecular flexibility index (Phi) is 3.82. The first-order chi connectivity index (χ1) is 8.66. The molecule has 0 bridgehead atoms. The number of carbonyl (C=O) groups is 1. The molecule has 2 heterocycles. The van der Waals surface area contributed by atoms with Crippen molar-refractivity contribution >= 4 is 5.91 Å². The summed E-state index contributed by atoms with van der Waals surface area (Å²) in [7, 11) is 0. The molecule has 0 atom stereocenters. The average molecular weight is 248 g/mol. The van der Waals surface area contributed by atoms with Crippen LogP contribution in [0.4, 0.5) is 0 Å². The summed E-state index contributed by atoms with van der Waals surface area (Å²) < 4.78 is 10.2. The minimum Gasteiger partial charge on any atom is -0.461 e. The highest BCUT2D eigenvalue weighted by molar-refractivity contribution is 5.92. The van der Waals surface area contributed by atoms with Crippen molar-refractivity contribution in [1.29, 1.82) is 0 Å². The van der Waals surface area contributed by atoms with Gasteiger partial charge < -0.3 is 14.3 Å². The quantitative estimate of drug-likeness (QED) is 0.883. The van der Waals surface area contributed by atoms with Crippen LogP contribution in [0.3, 0.4) is 0 Å². The number of nitrogens with one attached hydrogen (secondary N) is 1. The van der Waals surface area contributed by atoms with Crippen LogP contribution in [0, 0.1) is 5.92 Å². The number of amides is 1. The number of aromatic nitrogens is 1. The summed E-state index contributed by atoms with van der Waals surface area (Å²) in [5, 5.41) is 6.52. The second-order valence-corrected chi connectivity index (χ2v) is 4.49. The smallest absolute Gasteiger partial charge is 0.273 e. The van der Waals surface area contributed by atoms with Crippen molar-refractivity contribution in [2.45, 2.75) is 20.3 Å². The van der Waals surface area contributed by atoms with Gasteiger partial charge >= 0.3 is 0 Å². The SMILES string of the molecule is CC(C)CCNC(=O)c1cc(-c2ccco2)on1. The van der Waals surface area contributed by atoms with Gasteiger partial charge in [0.2, 0.25) is 5.76 Å². The Hall–Kier alpha value is -2.04. The van der Waals surface area contributed by atoms with Gasteiger partial charge in [0, 0.05) is 12.6 Å². The van der Waals surface area contributed by atoms with E-state index in [1.807, 2.05) is 0 Å². The van der Waals surface area contributed by atoms with E-state index < -0.39 is 0 Å². The normalized spacial score (nSPS) is 10.8. The second-order valence-electron chi connectivity index (χ2n) is 4.49. The van der Waals surface area contributed by atoms with Gasteiger partial charge in [-0.15, -0.1) is 0 Å². The molecule has 18 heavy (non-hydrogen) atoms. The van der Waals surface area contributed by atoms with Gasteiger partial charge in [-0.2, -0.15) is 0 Å². The number of rotatable bonds is 5. The van der Waals surface area contributed by atoms with Gasteiger partial charge in [-0.05, 0) is 24.5 Å². The van der Waals surface area contributed by atoms with E-state index in [4.69, 9.17) is 8.94 Å². The number of hydrogen-bond donors (Lipinski definition) is 1. The number of hydrogen-bond acceptors (Lipinski definition) is 4. The van der Waals surface area contributed by atoms with Crippen LogP contribution in [0.2, 0.25) is 0 Å². The summed E-state index contributed by atoms with van der Waals surface area (Å²) >= 11 is 0. The number of nitrogens with zero attached hydrogens (tertiary/aromatic N) is 1. The fraction of sp³-hybridized carbons (Fsp3) is 0.385. The molecule has 0 spiro atoms. The Morgan fingerprint density at radius 2 is 2.28 bits per heavy atom. The first-order valence-electron chi connectivity index (χ1n) is 5.95. The maximum absolute atomic E-state index is 11.7. The molecule has 1 N–H and O–H groups in total. The van der Waals surface area contributed by atoms with Gasteiger partial charge in [0.05, 0.1) is 6.26 Å². The van der Waals surface area contributed by atoms with E-state index in [1.54, 1.807) is 24.5 Å². The van der Waals surface area contributed by atoms with Gasteiger partial charge in [-0.1, -0.05) is 19.0 Å². The van der Waals surface area contributed by atoms with Crippen molar-refractivity contribution in [2.75, 3.05) is 6.54 Å². The maximum atomic E-state index is 11.7. The van der Waals surface area contributed by atoms with E-state index in [9.17, 15) is 4.79 Å². The van der Waals surface area contributed by atoms with Gasteiger partial charge in [0.15, 0.2) is 11.5 Å². The van der Waals surface area contributed by atoms with E-state index in [1.165, 1.54) is 0 Å². The molecule has 2 aromatic heterocycles. The average Bonchev–Trinajstić information content (AvgIpc) is 2.99. The van der Waals surface area contributed by atoms with Crippen molar-refractivity contribution in [3.8, 4) is 11.5 Å². The molecule has 0 unspecified atom stereocenters. The highest BCUT2D eigenvalue weighted by atomic mass is 16.5. The predicted octanol–water partition coefficient (Wildman–Crippen LogP) is 2.71. The Morgan fingerprint density at radius 3 is 2.94 bits per heavy atom. The fourth-order valence-corrected chi connectivity index (χ4v) is 1.48. The molecule has 0 saturated heterocycles. The molecule has 5 nitrogen and oxygen atoms in total. The van der Waals surface area contributed by atoms with Crippen LogP contribution >= 0.6 is 0 Å². The Bertz CT molecular complexity index is 500. The van der Waals surface area contributed by atoms with Crippen LogP contribution in [0.25, 0.3) is 11.5 Å². The van der Waals surface area contributed by atoms with Crippen LogP contribution in [0.15, 0.2) is 33.4 Å². The van der Waals surface area contributed by atoms with Gasteiger partial charge in [0.1, 0.15) is 0 Å². The van der Waals surface area contributed by atoms with Gasteiger partial charge in [-0.3, -0.25) is 4.79 Å². The standard InChI is InChI=1S/C13H16N2O3/c1-9(2)5-6-14-13(16)10-8-12(18-15-10)11-4-3-7-17-11/h3-4,7-9H,5-6H2,1-2H3,(H,14,16). The zero-order chi connectivity index (χ0) is 13.0. The molecule has 2 aromatic rings. The van der Waals surface area contributed by atoms with E-state index in [0.717, 1.165) is 6.42 Å². The Morgan fingerprint density at radius 1 is 1.44 bits per heavy atom. The third-order valence-corrected chi connectivity index (χ3v) is 2.51. The molecule has 0 fully saturated rings. The summed E-state index contributed by atoms with van der Waals surface area (Å²) in [6.07, 6.45) is 2.48. The lowest BCUT2D eigenvalue weighted by Crippen LogP contribution is -2.25. The highest BCUT2D eigenvalue weighted by Crippen LogP contribution is 2.20. The van der Waals surface area contributed by atoms with Gasteiger partial charge in [-0.25, -0.2) is 0 Å². The zero-order valence-electron chi connectivity index (χ0n) is 10.5. The number of furan rings is 1. The fourth-order valence-electron chi connectivity index (χ4n) is 1.48. The number of carbonyl (C=O) groups excluding carboxylic acids is 1. The molecule has 1 amide bonds. The summed E-state index contributed by atoms with van der Waals surface area (Å²) in [5.74, 6) is 1.34. The maximum Gasteiger partial charge on any atom is 0.273 e. The first-order valence-corrected chi connectivity index (χ1v) is 5.95. The summed E-state index contributed by atoms with van der Waals surface area (Å²) in [4.78, 5) is 11.7. The summed E-state index contributed by atoms with van der Waals surface area (Å²) in [6.45, 7) is 4.86. The molecular weight excluding hydrogens is 232 g/mol. The van der Waals surface area contributed by atoms with Crippen molar-refractivity contribution in [3.05, 3.63) is 30.2 Å². The Balaban J connectivity index is 1.95. The summed E-state index contributed by atoms with van der Waals surface area (Å²) in [6, 6.07) is 5.07. The minimum absolute atomic E-state index is 0.225. The third-order valence-electron chi connectivity index (χ3n) is 2.51. The Labute approximate surface area is 105 Å². The topological polar surface area (TPSA) is 68.3 Å². The van der Waals surface area contributed by atoms with Crippen molar-refractivity contribution in [2.24, 2.45) is 5.92 Å². The highest BCUT2D eigenvalue weighted by Gasteiger charge is 2.14. The lowest BCUT2D eigenvalue weighted by atomic mass is 10.1.